The molecule has 2 heterocycles. The lowest BCUT2D eigenvalue weighted by Crippen LogP contribution is -2.62. The number of likely N-dealkylation sites (tertiary alicyclic amines) is 2. The molecule has 0 radical (unpaired) electrons. The van der Waals surface area contributed by atoms with E-state index in [1.54, 1.807) is 0 Å². The molecule has 0 bridgehead atoms. The van der Waals surface area contributed by atoms with Crippen molar-refractivity contribution in [1.29, 1.82) is 0 Å². The molecular formula is C17H25N3O. The smallest absolute Gasteiger partial charge is 0.321 e. The zero-order valence-electron chi connectivity index (χ0n) is 12.8. The summed E-state index contributed by atoms with van der Waals surface area (Å²) in [5.74, 6) is 0. The number of anilines is 1. The Labute approximate surface area is 127 Å². The predicted molar refractivity (Wildman–Crippen MR) is 85.6 cm³/mol. The van der Waals surface area contributed by atoms with E-state index in [1.165, 1.54) is 44.3 Å². The average Bonchev–Trinajstić information content (AvgIpc) is 2.69. The number of urea groups is 1. The molecule has 0 unspecified atom stereocenters. The van der Waals surface area contributed by atoms with Crippen LogP contribution in [0.15, 0.2) is 24.3 Å². The Kier molecular flexibility index (Phi) is 4.44. The second-order valence-corrected chi connectivity index (χ2v) is 6.31. The molecule has 2 fully saturated rings. The lowest BCUT2D eigenvalue weighted by molar-refractivity contribution is 0.0638. The number of aryl methyl sites for hydroxylation is 1. The number of carbonyl (C=O) groups is 1. The number of hydrogen-bond donors (Lipinski definition) is 1. The number of nitrogens with zero attached hydrogens (tertiary/aromatic N) is 2. The van der Waals surface area contributed by atoms with E-state index in [0.29, 0.717) is 6.04 Å². The molecule has 4 heteroatoms. The van der Waals surface area contributed by atoms with Crippen LogP contribution in [0.25, 0.3) is 0 Å². The number of benzene rings is 1. The number of carbonyl (C=O) groups excluding carboxylic acids is 1. The van der Waals surface area contributed by atoms with E-state index in [0.717, 1.165) is 18.8 Å². The van der Waals surface area contributed by atoms with Gasteiger partial charge in [-0.25, -0.2) is 4.79 Å². The first kappa shape index (κ1) is 14.4. The second kappa shape index (κ2) is 6.48. The quantitative estimate of drug-likeness (QED) is 0.907. The third-order valence-electron chi connectivity index (χ3n) is 4.61. The van der Waals surface area contributed by atoms with Crippen molar-refractivity contribution in [1.82, 2.24) is 9.80 Å². The van der Waals surface area contributed by atoms with Gasteiger partial charge in [0.25, 0.3) is 0 Å². The Balaban J connectivity index is 1.46. The summed E-state index contributed by atoms with van der Waals surface area (Å²) in [6.45, 7) is 6.21. The molecule has 1 N–H and O–H groups in total. The van der Waals surface area contributed by atoms with Crippen molar-refractivity contribution in [2.45, 2.75) is 38.6 Å². The molecule has 2 saturated heterocycles. The van der Waals surface area contributed by atoms with Crippen LogP contribution in [-0.4, -0.2) is 48.1 Å². The normalized spacial score (nSPS) is 20.7. The molecule has 0 aliphatic carbocycles. The standard InChI is InChI=1S/C17H25N3O/c1-14-6-8-15(9-7-14)18-17(21)20-12-16(13-20)19-10-4-2-3-5-11-19/h6-9,16H,2-5,10-13H2,1H3,(H,18,21). The van der Waals surface area contributed by atoms with Crippen molar-refractivity contribution in [2.75, 3.05) is 31.5 Å². The Morgan fingerprint density at radius 2 is 1.67 bits per heavy atom. The summed E-state index contributed by atoms with van der Waals surface area (Å²) in [6, 6.07) is 8.56. The summed E-state index contributed by atoms with van der Waals surface area (Å²) in [6.07, 6.45) is 5.35. The molecule has 2 aliphatic heterocycles. The second-order valence-electron chi connectivity index (χ2n) is 6.31. The Hall–Kier alpha value is -1.55. The first-order chi connectivity index (χ1) is 10.2. The van der Waals surface area contributed by atoms with Gasteiger partial charge in [-0.3, -0.25) is 4.90 Å². The number of hydrogen-bond acceptors (Lipinski definition) is 2. The van der Waals surface area contributed by atoms with Crippen LogP contribution in [0.3, 0.4) is 0 Å². The first-order valence-electron chi connectivity index (χ1n) is 8.09. The van der Waals surface area contributed by atoms with Crippen molar-refractivity contribution in [2.24, 2.45) is 0 Å². The molecular weight excluding hydrogens is 262 g/mol. The van der Waals surface area contributed by atoms with E-state index in [-0.39, 0.29) is 6.03 Å². The molecule has 0 saturated carbocycles. The van der Waals surface area contributed by atoms with E-state index in [4.69, 9.17) is 0 Å². The largest absolute Gasteiger partial charge is 0.321 e. The first-order valence-corrected chi connectivity index (χ1v) is 8.09. The van der Waals surface area contributed by atoms with E-state index in [1.807, 2.05) is 36.1 Å². The minimum Gasteiger partial charge on any atom is -0.321 e. The van der Waals surface area contributed by atoms with E-state index in [2.05, 4.69) is 10.2 Å². The molecule has 0 atom stereocenters. The molecule has 114 valence electrons. The minimum atomic E-state index is 0.0323. The van der Waals surface area contributed by atoms with Gasteiger partial charge in [0.15, 0.2) is 0 Å². The highest BCUT2D eigenvalue weighted by molar-refractivity contribution is 5.89. The molecule has 1 aromatic carbocycles. The van der Waals surface area contributed by atoms with Crippen molar-refractivity contribution in [3.8, 4) is 0 Å². The summed E-state index contributed by atoms with van der Waals surface area (Å²) in [5.41, 5.74) is 2.09. The fourth-order valence-corrected chi connectivity index (χ4v) is 3.15. The summed E-state index contributed by atoms with van der Waals surface area (Å²) in [5, 5.41) is 2.98. The van der Waals surface area contributed by atoms with E-state index < -0.39 is 0 Å². The van der Waals surface area contributed by atoms with Gasteiger partial charge in [-0.05, 0) is 45.0 Å². The maximum atomic E-state index is 12.2. The number of nitrogens with one attached hydrogen (secondary N) is 1. The van der Waals surface area contributed by atoms with Gasteiger partial charge in [0, 0.05) is 24.8 Å². The zero-order chi connectivity index (χ0) is 14.7. The topological polar surface area (TPSA) is 35.6 Å². The molecule has 3 rings (SSSR count). The van der Waals surface area contributed by atoms with Crippen molar-refractivity contribution in [3.05, 3.63) is 29.8 Å². The third-order valence-corrected chi connectivity index (χ3v) is 4.61. The highest BCUT2D eigenvalue weighted by Crippen LogP contribution is 2.20. The van der Waals surface area contributed by atoms with Gasteiger partial charge in [-0.2, -0.15) is 0 Å². The summed E-state index contributed by atoms with van der Waals surface area (Å²) in [4.78, 5) is 16.7. The number of rotatable bonds is 2. The Morgan fingerprint density at radius 1 is 1.05 bits per heavy atom. The molecule has 0 aromatic heterocycles. The maximum absolute atomic E-state index is 12.2. The van der Waals surface area contributed by atoms with Crippen LogP contribution in [0.2, 0.25) is 0 Å². The molecule has 0 spiro atoms. The SMILES string of the molecule is Cc1ccc(NC(=O)N2CC(N3CCCCCC3)C2)cc1. The molecule has 1 aromatic rings. The van der Waals surface area contributed by atoms with E-state index in [9.17, 15) is 4.79 Å². The highest BCUT2D eigenvalue weighted by Gasteiger charge is 2.34. The maximum Gasteiger partial charge on any atom is 0.321 e. The van der Waals surface area contributed by atoms with Crippen LogP contribution in [0, 0.1) is 6.92 Å². The van der Waals surface area contributed by atoms with Gasteiger partial charge in [0.1, 0.15) is 0 Å². The van der Waals surface area contributed by atoms with Crippen molar-refractivity contribution in [3.63, 3.8) is 0 Å². The average molecular weight is 287 g/mol. The van der Waals surface area contributed by atoms with Crippen LogP contribution < -0.4 is 5.32 Å². The lowest BCUT2D eigenvalue weighted by atomic mass is 10.1. The summed E-state index contributed by atoms with van der Waals surface area (Å²) >= 11 is 0. The van der Waals surface area contributed by atoms with Crippen LogP contribution in [0.1, 0.15) is 31.2 Å². The highest BCUT2D eigenvalue weighted by atomic mass is 16.2. The van der Waals surface area contributed by atoms with E-state index >= 15 is 0 Å². The Bertz CT molecular complexity index is 471. The fourth-order valence-electron chi connectivity index (χ4n) is 3.15. The molecule has 21 heavy (non-hydrogen) atoms. The van der Waals surface area contributed by atoms with Crippen LogP contribution in [-0.2, 0) is 0 Å². The molecule has 2 amide bonds. The fraction of sp³-hybridized carbons (Fsp3) is 0.588. The zero-order valence-corrected chi connectivity index (χ0v) is 12.8. The predicted octanol–water partition coefficient (Wildman–Crippen LogP) is 3.09. The van der Waals surface area contributed by atoms with Gasteiger partial charge in [-0.1, -0.05) is 30.5 Å². The summed E-state index contributed by atoms with van der Waals surface area (Å²) < 4.78 is 0. The third kappa shape index (κ3) is 3.56. The number of amides is 2. The van der Waals surface area contributed by atoms with Crippen LogP contribution in [0.4, 0.5) is 10.5 Å². The summed E-state index contributed by atoms with van der Waals surface area (Å²) in [7, 11) is 0. The van der Waals surface area contributed by atoms with Gasteiger partial charge < -0.3 is 10.2 Å². The van der Waals surface area contributed by atoms with Crippen LogP contribution in [0.5, 0.6) is 0 Å². The molecule has 2 aliphatic rings. The van der Waals surface area contributed by atoms with Crippen molar-refractivity contribution >= 4 is 11.7 Å². The van der Waals surface area contributed by atoms with Gasteiger partial charge in [0.2, 0.25) is 0 Å². The minimum absolute atomic E-state index is 0.0323. The monoisotopic (exact) mass is 287 g/mol. The van der Waals surface area contributed by atoms with Gasteiger partial charge in [-0.15, -0.1) is 0 Å². The molecule has 4 nitrogen and oxygen atoms in total. The lowest BCUT2D eigenvalue weighted by Gasteiger charge is -2.45. The van der Waals surface area contributed by atoms with Gasteiger partial charge in [0.05, 0.1) is 0 Å². The van der Waals surface area contributed by atoms with Crippen LogP contribution >= 0.6 is 0 Å². The van der Waals surface area contributed by atoms with Gasteiger partial charge >= 0.3 is 6.03 Å². The Morgan fingerprint density at radius 3 is 2.29 bits per heavy atom. The van der Waals surface area contributed by atoms with Crippen molar-refractivity contribution < 1.29 is 4.79 Å².